The molecule has 0 atom stereocenters. The molecule has 0 N–H and O–H groups in total. The van der Waals surface area contributed by atoms with Crippen LogP contribution in [0.15, 0.2) is 97.1 Å². The van der Waals surface area contributed by atoms with Crippen molar-refractivity contribution in [2.75, 3.05) is 0 Å². The Morgan fingerprint density at radius 2 is 0.707 bits per heavy atom. The lowest BCUT2D eigenvalue weighted by Crippen LogP contribution is -1.86. The molecule has 0 spiro atoms. The van der Waals surface area contributed by atoms with Crippen molar-refractivity contribution in [3.63, 3.8) is 0 Å². The van der Waals surface area contributed by atoms with Crippen molar-refractivity contribution in [2.45, 2.75) is 78.1 Å². The quantitative estimate of drug-likeness (QED) is 0.101. The molecule has 0 bridgehead atoms. The molecule has 4 rings (SSSR count). The van der Waals surface area contributed by atoms with Gasteiger partial charge in [-0.3, -0.25) is 0 Å². The SMILES string of the molecule is CCCCCCc1ccc(C=Cc2ccc(Oc3ccc(C=Cc4ccc(CCCCCC)cc4)cc3)cc2)cc1. The molecule has 0 aliphatic rings. The molecule has 0 fully saturated rings. The summed E-state index contributed by atoms with van der Waals surface area (Å²) in [5.41, 5.74) is 7.64. The lowest BCUT2D eigenvalue weighted by atomic mass is 10.0. The molecule has 0 amide bonds. The summed E-state index contributed by atoms with van der Waals surface area (Å²) in [5.74, 6) is 1.68. The first kappa shape index (κ1) is 30.1. The van der Waals surface area contributed by atoms with E-state index in [9.17, 15) is 0 Å². The summed E-state index contributed by atoms with van der Waals surface area (Å²) in [6.07, 6.45) is 21.5. The molecule has 1 heteroatoms. The summed E-state index contributed by atoms with van der Waals surface area (Å²) in [6.45, 7) is 4.52. The van der Waals surface area contributed by atoms with E-state index < -0.39 is 0 Å². The maximum Gasteiger partial charge on any atom is 0.127 e. The van der Waals surface area contributed by atoms with Crippen LogP contribution < -0.4 is 4.74 Å². The number of rotatable bonds is 16. The smallest absolute Gasteiger partial charge is 0.127 e. The Morgan fingerprint density at radius 3 is 1.02 bits per heavy atom. The molecule has 41 heavy (non-hydrogen) atoms. The zero-order chi connectivity index (χ0) is 28.5. The Hall–Kier alpha value is -3.84. The highest BCUT2D eigenvalue weighted by Crippen LogP contribution is 2.23. The monoisotopic (exact) mass is 542 g/mol. The van der Waals surface area contributed by atoms with Crippen LogP contribution in [-0.2, 0) is 12.8 Å². The highest BCUT2D eigenvalue weighted by atomic mass is 16.5. The maximum atomic E-state index is 6.09. The van der Waals surface area contributed by atoms with E-state index >= 15 is 0 Å². The molecular weight excluding hydrogens is 496 g/mol. The highest BCUT2D eigenvalue weighted by Gasteiger charge is 1.99. The first-order valence-corrected chi connectivity index (χ1v) is 15.6. The molecule has 0 radical (unpaired) electrons. The molecule has 212 valence electrons. The second-order valence-corrected chi connectivity index (χ2v) is 11.0. The largest absolute Gasteiger partial charge is 0.457 e. The first-order valence-electron chi connectivity index (χ1n) is 15.6. The van der Waals surface area contributed by atoms with Crippen molar-refractivity contribution >= 4 is 24.3 Å². The van der Waals surface area contributed by atoms with Gasteiger partial charge in [-0.15, -0.1) is 0 Å². The van der Waals surface area contributed by atoms with Gasteiger partial charge in [-0.25, -0.2) is 0 Å². The van der Waals surface area contributed by atoms with Crippen molar-refractivity contribution in [1.82, 2.24) is 0 Å². The topological polar surface area (TPSA) is 9.23 Å². The number of unbranched alkanes of at least 4 members (excludes halogenated alkanes) is 6. The average Bonchev–Trinajstić information content (AvgIpc) is 3.02. The summed E-state index contributed by atoms with van der Waals surface area (Å²) in [6, 6.07) is 34.4. The van der Waals surface area contributed by atoms with E-state index in [-0.39, 0.29) is 0 Å². The Bertz CT molecular complexity index is 1220. The second-order valence-electron chi connectivity index (χ2n) is 11.0. The number of hydrogen-bond acceptors (Lipinski definition) is 1. The van der Waals surface area contributed by atoms with E-state index in [1.54, 1.807) is 0 Å². The van der Waals surface area contributed by atoms with Crippen molar-refractivity contribution < 1.29 is 4.74 Å². The molecule has 4 aromatic rings. The van der Waals surface area contributed by atoms with Crippen LogP contribution in [0.1, 0.15) is 98.6 Å². The van der Waals surface area contributed by atoms with Gasteiger partial charge in [0.05, 0.1) is 0 Å². The van der Waals surface area contributed by atoms with Crippen molar-refractivity contribution in [3.05, 3.63) is 130 Å². The Kier molecular flexibility index (Phi) is 12.5. The van der Waals surface area contributed by atoms with Crippen LogP contribution in [0.3, 0.4) is 0 Å². The molecule has 0 aliphatic heterocycles. The van der Waals surface area contributed by atoms with Crippen LogP contribution in [0.2, 0.25) is 0 Å². The second kappa shape index (κ2) is 17.1. The highest BCUT2D eigenvalue weighted by molar-refractivity contribution is 5.71. The number of aryl methyl sites for hydroxylation is 2. The van der Waals surface area contributed by atoms with Crippen LogP contribution in [-0.4, -0.2) is 0 Å². The van der Waals surface area contributed by atoms with Crippen molar-refractivity contribution in [2.24, 2.45) is 0 Å². The number of hydrogen-bond donors (Lipinski definition) is 0. The molecule has 0 aromatic heterocycles. The molecule has 1 nitrogen and oxygen atoms in total. The van der Waals surface area contributed by atoms with Gasteiger partial charge in [0.25, 0.3) is 0 Å². The molecule has 0 saturated heterocycles. The molecule has 0 saturated carbocycles. The number of ether oxygens (including phenoxy) is 1. The summed E-state index contributed by atoms with van der Waals surface area (Å²) < 4.78 is 6.09. The Labute approximate surface area is 248 Å². The lowest BCUT2D eigenvalue weighted by Gasteiger charge is -2.06. The van der Waals surface area contributed by atoms with Gasteiger partial charge in [-0.2, -0.15) is 0 Å². The Balaban J connectivity index is 1.23. The standard InChI is InChI=1S/C40H46O/c1-3-5-7-9-11-33-13-17-35(18-14-33)21-23-37-25-29-39(30-26-37)41-40-31-27-38(28-32-40)24-22-36-19-15-34(16-20-36)12-10-8-6-4-2/h13-32H,3-12H2,1-2H3. The molecule has 0 heterocycles. The normalized spacial score (nSPS) is 11.5. The third kappa shape index (κ3) is 10.9. The molecular formula is C40H46O. The van der Waals surface area contributed by atoms with Gasteiger partial charge < -0.3 is 4.74 Å². The van der Waals surface area contributed by atoms with Gasteiger partial charge in [0.2, 0.25) is 0 Å². The Morgan fingerprint density at radius 1 is 0.390 bits per heavy atom. The average molecular weight is 543 g/mol. The van der Waals surface area contributed by atoms with Gasteiger partial charge in [0, 0.05) is 0 Å². The fraction of sp³-hybridized carbons (Fsp3) is 0.300. The van der Waals surface area contributed by atoms with Crippen molar-refractivity contribution in [1.29, 1.82) is 0 Å². The van der Waals surface area contributed by atoms with Crippen LogP contribution in [0.25, 0.3) is 24.3 Å². The molecule has 0 aliphatic carbocycles. The first-order chi connectivity index (χ1) is 20.2. The van der Waals surface area contributed by atoms with E-state index in [4.69, 9.17) is 4.74 Å². The molecule has 4 aromatic carbocycles. The predicted molar refractivity (Wildman–Crippen MR) is 179 cm³/mol. The fourth-order valence-electron chi connectivity index (χ4n) is 4.92. The van der Waals surface area contributed by atoms with E-state index in [0.29, 0.717) is 0 Å². The zero-order valence-corrected chi connectivity index (χ0v) is 25.0. The van der Waals surface area contributed by atoms with Crippen LogP contribution in [0, 0.1) is 0 Å². The summed E-state index contributed by atoms with van der Waals surface area (Å²) in [4.78, 5) is 0. The summed E-state index contributed by atoms with van der Waals surface area (Å²) in [7, 11) is 0. The predicted octanol–water partition coefficient (Wildman–Crippen LogP) is 12.1. The zero-order valence-electron chi connectivity index (χ0n) is 25.0. The van der Waals surface area contributed by atoms with Gasteiger partial charge in [0.1, 0.15) is 11.5 Å². The minimum Gasteiger partial charge on any atom is -0.457 e. The fourth-order valence-corrected chi connectivity index (χ4v) is 4.92. The summed E-state index contributed by atoms with van der Waals surface area (Å²) >= 11 is 0. The maximum absolute atomic E-state index is 6.09. The van der Waals surface area contributed by atoms with E-state index in [2.05, 4.69) is 111 Å². The van der Waals surface area contributed by atoms with E-state index in [1.807, 2.05) is 24.3 Å². The third-order valence-corrected chi connectivity index (χ3v) is 7.53. The lowest BCUT2D eigenvalue weighted by molar-refractivity contribution is 0.482. The summed E-state index contributed by atoms with van der Waals surface area (Å²) in [5, 5.41) is 0. The van der Waals surface area contributed by atoms with Gasteiger partial charge in [-0.1, -0.05) is 149 Å². The van der Waals surface area contributed by atoms with Gasteiger partial charge in [-0.05, 0) is 83.3 Å². The molecule has 0 unspecified atom stereocenters. The van der Waals surface area contributed by atoms with E-state index in [1.165, 1.54) is 86.5 Å². The minimum absolute atomic E-state index is 0.840. The van der Waals surface area contributed by atoms with E-state index in [0.717, 1.165) is 22.6 Å². The van der Waals surface area contributed by atoms with Gasteiger partial charge >= 0.3 is 0 Å². The van der Waals surface area contributed by atoms with Crippen LogP contribution in [0.5, 0.6) is 11.5 Å². The third-order valence-electron chi connectivity index (χ3n) is 7.53. The minimum atomic E-state index is 0.840. The van der Waals surface area contributed by atoms with Crippen molar-refractivity contribution in [3.8, 4) is 11.5 Å². The number of benzene rings is 4. The van der Waals surface area contributed by atoms with Crippen LogP contribution in [0.4, 0.5) is 0 Å². The van der Waals surface area contributed by atoms with Gasteiger partial charge in [0.15, 0.2) is 0 Å². The van der Waals surface area contributed by atoms with Crippen LogP contribution >= 0.6 is 0 Å².